The fourth-order valence-corrected chi connectivity index (χ4v) is 2.30. The van der Waals surface area contributed by atoms with Gasteiger partial charge in [0.05, 0.1) is 25.6 Å². The lowest BCUT2D eigenvalue weighted by Gasteiger charge is -2.08. The maximum absolute atomic E-state index is 12.1. The Balaban J connectivity index is 1.78. The first-order valence-corrected chi connectivity index (χ1v) is 8.89. The predicted octanol–water partition coefficient (Wildman–Crippen LogP) is 3.30. The molecule has 0 aliphatic rings. The van der Waals surface area contributed by atoms with E-state index in [4.69, 9.17) is 10.00 Å². The molecule has 6 nitrogen and oxygen atoms in total. The van der Waals surface area contributed by atoms with Crippen LogP contribution in [0, 0.1) is 11.3 Å². The fraction of sp³-hybridized carbons (Fsp3) is 0.286. The van der Waals surface area contributed by atoms with Crippen LogP contribution in [0.1, 0.15) is 35.7 Å². The molecule has 2 amide bonds. The Morgan fingerprint density at radius 3 is 2.41 bits per heavy atom. The number of carbonyl (C=O) groups excluding carboxylic acids is 2. The average molecular weight is 365 g/mol. The van der Waals surface area contributed by atoms with Gasteiger partial charge in [0.25, 0.3) is 5.91 Å². The number of anilines is 1. The monoisotopic (exact) mass is 365 g/mol. The van der Waals surface area contributed by atoms with Crippen LogP contribution in [0.15, 0.2) is 48.5 Å². The Morgan fingerprint density at radius 1 is 1.07 bits per heavy atom. The molecule has 0 fully saturated rings. The maximum Gasteiger partial charge on any atom is 0.251 e. The number of unbranched alkanes of at least 4 members (excludes halogenated alkanes) is 1. The van der Waals surface area contributed by atoms with E-state index in [1.165, 1.54) is 0 Å². The molecule has 0 aliphatic carbocycles. The van der Waals surface area contributed by atoms with Gasteiger partial charge in [-0.25, -0.2) is 0 Å². The summed E-state index contributed by atoms with van der Waals surface area (Å²) in [5, 5.41) is 13.9. The molecule has 0 spiro atoms. The number of amides is 2. The fourth-order valence-electron chi connectivity index (χ4n) is 2.30. The van der Waals surface area contributed by atoms with E-state index in [0.29, 0.717) is 24.3 Å². The number of hydrogen-bond acceptors (Lipinski definition) is 4. The highest BCUT2D eigenvalue weighted by Gasteiger charge is 2.08. The quantitative estimate of drug-likeness (QED) is 0.667. The number of nitriles is 1. The summed E-state index contributed by atoms with van der Waals surface area (Å²) in [6.07, 6.45) is 2.37. The summed E-state index contributed by atoms with van der Waals surface area (Å²) < 4.78 is 5.56. The van der Waals surface area contributed by atoms with Crippen molar-refractivity contribution in [2.75, 3.05) is 18.5 Å². The lowest BCUT2D eigenvalue weighted by molar-refractivity contribution is -0.115. The first kappa shape index (κ1) is 20.0. The van der Waals surface area contributed by atoms with Crippen molar-refractivity contribution in [3.8, 4) is 11.8 Å². The van der Waals surface area contributed by atoms with Gasteiger partial charge >= 0.3 is 0 Å². The van der Waals surface area contributed by atoms with Gasteiger partial charge in [0, 0.05) is 11.3 Å². The van der Waals surface area contributed by atoms with E-state index in [1.807, 2.05) is 0 Å². The van der Waals surface area contributed by atoms with E-state index in [-0.39, 0.29) is 18.4 Å². The topological polar surface area (TPSA) is 91.2 Å². The minimum atomic E-state index is -0.324. The second kappa shape index (κ2) is 10.6. The molecule has 2 aromatic carbocycles. The van der Waals surface area contributed by atoms with Crippen molar-refractivity contribution in [2.24, 2.45) is 0 Å². The van der Waals surface area contributed by atoms with Crippen LogP contribution in [0.2, 0.25) is 0 Å². The van der Waals surface area contributed by atoms with Crippen molar-refractivity contribution < 1.29 is 14.3 Å². The van der Waals surface area contributed by atoms with Gasteiger partial charge in [0.2, 0.25) is 5.91 Å². The molecular formula is C21H23N3O3. The molecule has 2 N–H and O–H groups in total. The summed E-state index contributed by atoms with van der Waals surface area (Å²) in [5.41, 5.74) is 1.96. The molecule has 0 aromatic heterocycles. The van der Waals surface area contributed by atoms with Gasteiger partial charge in [-0.1, -0.05) is 25.5 Å². The van der Waals surface area contributed by atoms with Gasteiger partial charge in [-0.2, -0.15) is 5.26 Å². The van der Waals surface area contributed by atoms with Crippen LogP contribution < -0.4 is 15.4 Å². The third-order valence-corrected chi connectivity index (χ3v) is 3.81. The number of hydrogen-bond donors (Lipinski definition) is 2. The lowest BCUT2D eigenvalue weighted by Crippen LogP contribution is -2.32. The van der Waals surface area contributed by atoms with Crippen LogP contribution in [0.25, 0.3) is 0 Å². The van der Waals surface area contributed by atoms with Gasteiger partial charge in [0.15, 0.2) is 0 Å². The van der Waals surface area contributed by atoms with E-state index in [2.05, 4.69) is 23.6 Å². The molecule has 0 saturated carbocycles. The zero-order chi connectivity index (χ0) is 19.5. The summed E-state index contributed by atoms with van der Waals surface area (Å²) in [7, 11) is 0. The number of nitrogens with zero attached hydrogens (tertiary/aromatic N) is 1. The maximum atomic E-state index is 12.1. The highest BCUT2D eigenvalue weighted by Crippen LogP contribution is 2.13. The van der Waals surface area contributed by atoms with Gasteiger partial charge in [-0.05, 0) is 48.4 Å². The molecule has 0 atom stereocenters. The van der Waals surface area contributed by atoms with Crippen molar-refractivity contribution in [3.05, 3.63) is 59.7 Å². The zero-order valence-electron chi connectivity index (χ0n) is 15.3. The first-order chi connectivity index (χ1) is 13.1. The zero-order valence-corrected chi connectivity index (χ0v) is 15.3. The molecule has 0 aliphatic heterocycles. The van der Waals surface area contributed by atoms with E-state index in [0.717, 1.165) is 24.2 Å². The van der Waals surface area contributed by atoms with Crippen LogP contribution in [0.3, 0.4) is 0 Å². The molecule has 0 radical (unpaired) electrons. The van der Waals surface area contributed by atoms with Gasteiger partial charge in [-0.3, -0.25) is 9.59 Å². The largest absolute Gasteiger partial charge is 0.494 e. The van der Waals surface area contributed by atoms with Crippen molar-refractivity contribution in [1.82, 2.24) is 5.32 Å². The van der Waals surface area contributed by atoms with Crippen LogP contribution in [0.5, 0.6) is 5.75 Å². The second-order valence-corrected chi connectivity index (χ2v) is 5.99. The second-order valence-electron chi connectivity index (χ2n) is 5.99. The standard InChI is InChI=1S/C21H23N3O3/c1-2-3-14-27-19-10-6-17(7-11-19)21(26)23-15-20(25)24-18-8-4-16(5-9-18)12-13-22/h4-11H,2-3,12,14-15H2,1H3,(H,23,26)(H,24,25). The van der Waals surface area contributed by atoms with Crippen LogP contribution in [-0.4, -0.2) is 25.0 Å². The highest BCUT2D eigenvalue weighted by atomic mass is 16.5. The van der Waals surface area contributed by atoms with Gasteiger partial charge in [0.1, 0.15) is 5.75 Å². The van der Waals surface area contributed by atoms with Crippen molar-refractivity contribution >= 4 is 17.5 Å². The van der Waals surface area contributed by atoms with Crippen molar-refractivity contribution in [1.29, 1.82) is 5.26 Å². The van der Waals surface area contributed by atoms with Crippen LogP contribution in [-0.2, 0) is 11.2 Å². The summed E-state index contributed by atoms with van der Waals surface area (Å²) in [5.74, 6) is 0.0723. The first-order valence-electron chi connectivity index (χ1n) is 8.89. The Bertz CT molecular complexity index is 793. The third kappa shape index (κ3) is 6.83. The number of benzene rings is 2. The van der Waals surface area contributed by atoms with E-state index >= 15 is 0 Å². The van der Waals surface area contributed by atoms with Gasteiger partial charge < -0.3 is 15.4 Å². The number of rotatable bonds is 9. The molecule has 27 heavy (non-hydrogen) atoms. The normalized spacial score (nSPS) is 9.93. The molecule has 2 rings (SSSR count). The number of ether oxygens (including phenoxy) is 1. The molecule has 140 valence electrons. The Labute approximate surface area is 159 Å². The minimum Gasteiger partial charge on any atom is -0.494 e. The molecule has 6 heteroatoms. The van der Waals surface area contributed by atoms with Crippen LogP contribution in [0.4, 0.5) is 5.69 Å². The van der Waals surface area contributed by atoms with Crippen molar-refractivity contribution in [3.63, 3.8) is 0 Å². The molecule has 2 aromatic rings. The molecule has 0 unspecified atom stereocenters. The van der Waals surface area contributed by atoms with E-state index in [1.54, 1.807) is 48.5 Å². The smallest absolute Gasteiger partial charge is 0.251 e. The number of nitrogens with one attached hydrogen (secondary N) is 2. The third-order valence-electron chi connectivity index (χ3n) is 3.81. The Kier molecular flexibility index (Phi) is 7.86. The summed E-state index contributed by atoms with van der Waals surface area (Å²) in [6.45, 7) is 2.62. The SMILES string of the molecule is CCCCOc1ccc(C(=O)NCC(=O)Nc2ccc(CC#N)cc2)cc1. The molecular weight excluding hydrogens is 342 g/mol. The average Bonchev–Trinajstić information content (AvgIpc) is 2.68. The van der Waals surface area contributed by atoms with Gasteiger partial charge in [-0.15, -0.1) is 0 Å². The summed E-state index contributed by atoms with van der Waals surface area (Å²) >= 11 is 0. The minimum absolute atomic E-state index is 0.131. The van der Waals surface area contributed by atoms with Crippen LogP contribution >= 0.6 is 0 Å². The highest BCUT2D eigenvalue weighted by molar-refractivity contribution is 5.99. The molecule has 0 heterocycles. The van der Waals surface area contributed by atoms with E-state index < -0.39 is 0 Å². The number of carbonyl (C=O) groups is 2. The Morgan fingerprint density at radius 2 is 1.78 bits per heavy atom. The molecule has 0 bridgehead atoms. The summed E-state index contributed by atoms with van der Waals surface area (Å²) in [4.78, 5) is 24.1. The van der Waals surface area contributed by atoms with E-state index in [9.17, 15) is 9.59 Å². The predicted molar refractivity (Wildman–Crippen MR) is 104 cm³/mol. The summed E-state index contributed by atoms with van der Waals surface area (Å²) in [6, 6.07) is 15.9. The molecule has 0 saturated heterocycles. The Hall–Kier alpha value is -3.33. The van der Waals surface area contributed by atoms with Crippen molar-refractivity contribution in [2.45, 2.75) is 26.2 Å². The lowest BCUT2D eigenvalue weighted by atomic mass is 10.1.